The van der Waals surface area contributed by atoms with Gasteiger partial charge in [0.2, 0.25) is 11.8 Å². The Morgan fingerprint density at radius 1 is 0.367 bits per heavy atom. The molecule has 254 valence electrons. The minimum Gasteiger partial charge on any atom is -0.497 e. The number of hydrogen-bond donors (Lipinski definition) is 0. The van der Waals surface area contributed by atoms with E-state index >= 15 is 0 Å². The molecule has 49 heavy (non-hydrogen) atoms. The molecule has 0 unspecified atom stereocenters. The Morgan fingerprint density at radius 3 is 0.837 bits per heavy atom. The summed E-state index contributed by atoms with van der Waals surface area (Å²) < 4.78 is 41.4. The van der Waals surface area contributed by atoms with Crippen LogP contribution in [-0.4, -0.2) is 52.9 Å². The van der Waals surface area contributed by atoms with Crippen molar-refractivity contribution in [2.45, 2.75) is 51.4 Å². The SMILES string of the molecule is COc1cc2c(OC)c(c1)CCc1cc(-c3nnc(-c4cc5c(OC)c(c4)CCc4cc(OC)cc(c4OC)CC5)o3)cc(c1OC)CC2. The molecule has 4 aromatic carbocycles. The minimum atomic E-state index is 0.474. The largest absolute Gasteiger partial charge is 0.497 e. The molecule has 1 aromatic heterocycles. The molecule has 5 aromatic rings. The smallest absolute Gasteiger partial charge is 0.248 e. The third-order valence-electron chi connectivity index (χ3n) is 9.78. The summed E-state index contributed by atoms with van der Waals surface area (Å²) >= 11 is 0. The first-order chi connectivity index (χ1) is 24.0. The molecule has 0 N–H and O–H groups in total. The second-order valence-corrected chi connectivity index (χ2v) is 12.5. The Labute approximate surface area is 287 Å². The molecule has 0 spiro atoms. The fraction of sp³-hybridized carbons (Fsp3) is 0.350. The van der Waals surface area contributed by atoms with Crippen molar-refractivity contribution in [3.8, 4) is 57.4 Å². The van der Waals surface area contributed by atoms with E-state index in [1.165, 1.54) is 0 Å². The van der Waals surface area contributed by atoms with Crippen molar-refractivity contribution >= 4 is 0 Å². The molecule has 0 saturated carbocycles. The van der Waals surface area contributed by atoms with E-state index in [1.54, 1.807) is 42.7 Å². The predicted molar refractivity (Wildman–Crippen MR) is 187 cm³/mol. The summed E-state index contributed by atoms with van der Waals surface area (Å²) in [6.07, 6.45) is 6.05. The van der Waals surface area contributed by atoms with Crippen LogP contribution in [0.2, 0.25) is 0 Å². The zero-order valence-electron chi connectivity index (χ0n) is 29.0. The van der Waals surface area contributed by atoms with Gasteiger partial charge in [-0.3, -0.25) is 0 Å². The molecule has 0 fully saturated rings. The first-order valence-corrected chi connectivity index (χ1v) is 16.7. The van der Waals surface area contributed by atoms with E-state index in [2.05, 4.69) is 58.7 Å². The van der Waals surface area contributed by atoms with Crippen molar-refractivity contribution < 1.29 is 32.8 Å². The number of methoxy groups -OCH3 is 6. The maximum atomic E-state index is 6.45. The van der Waals surface area contributed by atoms with E-state index < -0.39 is 0 Å². The number of benzene rings is 4. The first kappa shape index (κ1) is 32.4. The lowest BCUT2D eigenvalue weighted by atomic mass is 9.91. The zero-order chi connectivity index (χ0) is 34.1. The van der Waals surface area contributed by atoms with Crippen LogP contribution in [0, 0.1) is 0 Å². The average molecular weight is 663 g/mol. The van der Waals surface area contributed by atoms with Gasteiger partial charge in [0.15, 0.2) is 0 Å². The van der Waals surface area contributed by atoms with Gasteiger partial charge in [0, 0.05) is 11.1 Å². The molecule has 0 amide bonds. The Balaban J connectivity index is 1.23. The van der Waals surface area contributed by atoms with Crippen molar-refractivity contribution in [1.82, 2.24) is 10.2 Å². The molecule has 0 atom stereocenters. The van der Waals surface area contributed by atoms with E-state index in [0.29, 0.717) is 11.8 Å². The van der Waals surface area contributed by atoms with Crippen LogP contribution in [0.15, 0.2) is 52.9 Å². The summed E-state index contributed by atoms with van der Waals surface area (Å²) in [7, 11) is 10.4. The van der Waals surface area contributed by atoms with Crippen LogP contribution in [0.4, 0.5) is 0 Å². The molecule has 1 heterocycles. The Morgan fingerprint density at radius 2 is 0.612 bits per heavy atom. The lowest BCUT2D eigenvalue weighted by Gasteiger charge is -2.21. The number of hydrogen-bond acceptors (Lipinski definition) is 9. The fourth-order valence-corrected chi connectivity index (χ4v) is 7.50. The van der Waals surface area contributed by atoms with Crippen molar-refractivity contribution in [2.24, 2.45) is 0 Å². The maximum Gasteiger partial charge on any atom is 0.248 e. The topological polar surface area (TPSA) is 94.3 Å². The van der Waals surface area contributed by atoms with Gasteiger partial charge in [-0.25, -0.2) is 0 Å². The van der Waals surface area contributed by atoms with Crippen LogP contribution in [-0.2, 0) is 51.4 Å². The van der Waals surface area contributed by atoms with Gasteiger partial charge in [-0.15, -0.1) is 10.2 Å². The summed E-state index contributed by atoms with van der Waals surface area (Å²) in [5.74, 6) is 6.32. The maximum absolute atomic E-state index is 6.45. The van der Waals surface area contributed by atoms with Gasteiger partial charge in [-0.1, -0.05) is 0 Å². The van der Waals surface area contributed by atoms with Crippen LogP contribution in [0.25, 0.3) is 22.9 Å². The monoisotopic (exact) mass is 662 g/mol. The highest BCUT2D eigenvalue weighted by Gasteiger charge is 2.24. The number of fused-ring (bicyclic) bond motifs is 8. The van der Waals surface area contributed by atoms with E-state index in [9.17, 15) is 0 Å². The summed E-state index contributed by atoms with van der Waals surface area (Å²) in [6, 6.07) is 16.7. The summed E-state index contributed by atoms with van der Waals surface area (Å²) in [6.45, 7) is 0. The molecule has 2 aliphatic rings. The van der Waals surface area contributed by atoms with Gasteiger partial charge in [-0.2, -0.15) is 0 Å². The third kappa shape index (κ3) is 6.14. The van der Waals surface area contributed by atoms with Gasteiger partial charge >= 0.3 is 0 Å². The summed E-state index contributed by atoms with van der Waals surface area (Å²) in [5.41, 5.74) is 10.5. The van der Waals surface area contributed by atoms with Crippen LogP contribution in [0.3, 0.4) is 0 Å². The molecule has 0 saturated heterocycles. The normalized spacial score (nSPS) is 13.7. The summed E-state index contributed by atoms with van der Waals surface area (Å²) in [4.78, 5) is 0. The molecule has 0 aliphatic heterocycles. The molecular weight excluding hydrogens is 620 g/mol. The number of aromatic nitrogens is 2. The lowest BCUT2D eigenvalue weighted by Crippen LogP contribution is -2.07. The number of ether oxygens (including phenoxy) is 6. The fourth-order valence-electron chi connectivity index (χ4n) is 7.50. The molecule has 7 rings (SSSR count). The molecule has 2 aliphatic carbocycles. The quantitative estimate of drug-likeness (QED) is 0.171. The number of nitrogens with zero attached hydrogens (tertiary/aromatic N) is 2. The van der Waals surface area contributed by atoms with Crippen LogP contribution in [0.1, 0.15) is 44.5 Å². The number of aryl methyl sites for hydroxylation is 8. The summed E-state index contributed by atoms with van der Waals surface area (Å²) in [5, 5.41) is 9.11. The average Bonchev–Trinajstić information content (AvgIpc) is 3.63. The van der Waals surface area contributed by atoms with Crippen molar-refractivity contribution in [3.63, 3.8) is 0 Å². The molecule has 9 heteroatoms. The van der Waals surface area contributed by atoms with Gasteiger partial charge in [-0.05, 0) is 144 Å². The second-order valence-electron chi connectivity index (χ2n) is 12.5. The van der Waals surface area contributed by atoms with Gasteiger partial charge in [0.25, 0.3) is 0 Å². The Kier molecular flexibility index (Phi) is 9.08. The lowest BCUT2D eigenvalue weighted by molar-refractivity contribution is 0.390. The number of rotatable bonds is 8. The van der Waals surface area contributed by atoms with Crippen LogP contribution < -0.4 is 28.4 Å². The van der Waals surface area contributed by atoms with Crippen molar-refractivity contribution in [3.05, 3.63) is 93.0 Å². The van der Waals surface area contributed by atoms with Crippen molar-refractivity contribution in [1.29, 1.82) is 0 Å². The first-order valence-electron chi connectivity index (χ1n) is 16.7. The van der Waals surface area contributed by atoms with Crippen LogP contribution >= 0.6 is 0 Å². The molecule has 9 nitrogen and oxygen atoms in total. The highest BCUT2D eigenvalue weighted by Crippen LogP contribution is 2.40. The zero-order valence-corrected chi connectivity index (χ0v) is 29.0. The van der Waals surface area contributed by atoms with Crippen LogP contribution in [0.5, 0.6) is 34.5 Å². The molecular formula is C40H42N2O7. The van der Waals surface area contributed by atoms with E-state index in [1.807, 2.05) is 0 Å². The van der Waals surface area contributed by atoms with E-state index in [4.69, 9.17) is 32.8 Å². The Bertz CT molecular complexity index is 1770. The third-order valence-corrected chi connectivity index (χ3v) is 9.78. The predicted octanol–water partition coefficient (Wildman–Crippen LogP) is 7.22. The van der Waals surface area contributed by atoms with Gasteiger partial charge < -0.3 is 32.8 Å². The Hall–Kier alpha value is -5.18. The molecule has 8 bridgehead atoms. The van der Waals surface area contributed by atoms with Gasteiger partial charge in [0.05, 0.1) is 42.7 Å². The molecule has 0 radical (unpaired) electrons. The highest BCUT2D eigenvalue weighted by molar-refractivity contribution is 5.65. The second kappa shape index (κ2) is 13.7. The van der Waals surface area contributed by atoms with Crippen molar-refractivity contribution in [2.75, 3.05) is 42.7 Å². The van der Waals surface area contributed by atoms with Gasteiger partial charge in [0.1, 0.15) is 34.5 Å². The highest BCUT2D eigenvalue weighted by atomic mass is 16.5. The standard InChI is InChI=1S/C40H42N2O7/c1-43-33-19-27-11-7-23-15-31(16-24(35(23)45-3)8-12-28(20-33)37(27)47-5)39-41-42-40(49-39)32-17-25-9-13-29-21-34(44-2)22-30(38(29)48-6)14-10-26(18-32)36(25)46-4/h15-22H,7-14H2,1-6H3. The minimum absolute atomic E-state index is 0.474. The van der Waals surface area contributed by atoms with E-state index in [0.717, 1.165) is 141 Å². The van der Waals surface area contributed by atoms with E-state index in [-0.39, 0.29) is 0 Å².